The van der Waals surface area contributed by atoms with E-state index in [1.807, 2.05) is 12.3 Å². The lowest BCUT2D eigenvalue weighted by Crippen LogP contribution is -2.53. The molecule has 3 saturated carbocycles. The third-order valence-electron chi connectivity index (χ3n) is 6.73. The molecule has 36 heavy (non-hydrogen) atoms. The van der Waals surface area contributed by atoms with E-state index < -0.39 is 0 Å². The first-order chi connectivity index (χ1) is 17.2. The highest BCUT2D eigenvalue weighted by molar-refractivity contribution is 6.31. The fourth-order valence-corrected chi connectivity index (χ4v) is 5.07. The largest absolute Gasteiger partial charge is 0.497 e. The lowest BCUT2D eigenvalue weighted by Gasteiger charge is -2.55. The number of nitrogens with one attached hydrogen (secondary N) is 1. The molecule has 0 aliphatic heterocycles. The Morgan fingerprint density at radius 2 is 1.86 bits per heavy atom. The maximum atomic E-state index is 9.26. The van der Waals surface area contributed by atoms with E-state index in [9.17, 15) is 5.11 Å². The molecule has 1 aromatic carbocycles. The average Bonchev–Trinajstić information content (AvgIpc) is 2.82. The summed E-state index contributed by atoms with van der Waals surface area (Å²) in [5, 5.41) is 21.4. The van der Waals surface area contributed by atoms with Crippen molar-refractivity contribution in [2.75, 3.05) is 7.11 Å². The molecule has 0 bridgehead atoms. The first-order valence-corrected chi connectivity index (χ1v) is 12.9. The van der Waals surface area contributed by atoms with Crippen LogP contribution in [0.5, 0.6) is 5.75 Å². The molecule has 0 atom stereocenters. The molecule has 1 spiro atoms. The molecule has 3 fully saturated rings. The molecule has 3 aliphatic rings. The second-order valence-electron chi connectivity index (χ2n) is 9.85. The van der Waals surface area contributed by atoms with Crippen LogP contribution in [0.3, 0.4) is 0 Å². The van der Waals surface area contributed by atoms with Gasteiger partial charge in [0.05, 0.1) is 23.8 Å². The first-order valence-electron chi connectivity index (χ1n) is 12.5. The van der Waals surface area contributed by atoms with Gasteiger partial charge < -0.3 is 31.4 Å². The summed E-state index contributed by atoms with van der Waals surface area (Å²) in [7, 11) is 1.55. The molecule has 0 saturated heterocycles. The average molecular weight is 517 g/mol. The van der Waals surface area contributed by atoms with Gasteiger partial charge in [-0.1, -0.05) is 37.4 Å². The highest BCUT2D eigenvalue weighted by Gasteiger charge is 2.53. The van der Waals surface area contributed by atoms with Crippen molar-refractivity contribution < 1.29 is 14.6 Å². The van der Waals surface area contributed by atoms with Crippen molar-refractivity contribution in [2.24, 2.45) is 16.9 Å². The van der Waals surface area contributed by atoms with Crippen molar-refractivity contribution in [2.45, 2.75) is 83.0 Å². The van der Waals surface area contributed by atoms with E-state index in [0.717, 1.165) is 31.7 Å². The number of methoxy groups -OCH3 is 1. The van der Waals surface area contributed by atoms with Crippen molar-refractivity contribution in [1.82, 2.24) is 5.32 Å². The van der Waals surface area contributed by atoms with Crippen LogP contribution in [-0.2, 0) is 4.74 Å². The number of hydrogen-bond donors (Lipinski definition) is 4. The van der Waals surface area contributed by atoms with E-state index in [1.54, 1.807) is 44.4 Å². The van der Waals surface area contributed by atoms with Crippen LogP contribution in [0.25, 0.3) is 0 Å². The molecule has 0 aromatic heterocycles. The molecule has 1 aromatic rings. The van der Waals surface area contributed by atoms with Crippen molar-refractivity contribution in [3.63, 3.8) is 0 Å². The van der Waals surface area contributed by atoms with Gasteiger partial charge in [-0.2, -0.15) is 5.26 Å². The number of nitrogens with zero attached hydrogens (tertiary/aromatic N) is 1. The second kappa shape index (κ2) is 14.7. The summed E-state index contributed by atoms with van der Waals surface area (Å²) in [5.41, 5.74) is 12.7. The maximum absolute atomic E-state index is 9.26. The van der Waals surface area contributed by atoms with Crippen LogP contribution in [0.1, 0.15) is 70.3 Å². The van der Waals surface area contributed by atoms with E-state index in [2.05, 4.69) is 11.9 Å². The van der Waals surface area contributed by atoms with Gasteiger partial charge in [-0.3, -0.25) is 0 Å². The van der Waals surface area contributed by atoms with Crippen LogP contribution in [-0.4, -0.2) is 30.5 Å². The van der Waals surface area contributed by atoms with Crippen LogP contribution >= 0.6 is 11.6 Å². The fraction of sp³-hybridized carbons (Fsp3) is 0.536. The zero-order valence-electron chi connectivity index (χ0n) is 21.5. The number of nitriles is 1. The van der Waals surface area contributed by atoms with Gasteiger partial charge in [-0.15, -0.1) is 0 Å². The number of benzene rings is 1. The van der Waals surface area contributed by atoms with E-state index >= 15 is 0 Å². The predicted molar refractivity (Wildman–Crippen MR) is 145 cm³/mol. The summed E-state index contributed by atoms with van der Waals surface area (Å²) < 4.78 is 10.5. The highest BCUT2D eigenvalue weighted by atomic mass is 35.5. The Labute approximate surface area is 220 Å². The van der Waals surface area contributed by atoms with E-state index in [-0.39, 0.29) is 12.2 Å². The monoisotopic (exact) mass is 516 g/mol. The summed E-state index contributed by atoms with van der Waals surface area (Å²) >= 11 is 5.71. The van der Waals surface area contributed by atoms with Gasteiger partial charge >= 0.3 is 0 Å². The smallest absolute Gasteiger partial charge is 0.184 e. The molecule has 7 nitrogen and oxygen atoms in total. The van der Waals surface area contributed by atoms with Gasteiger partial charge in [0.25, 0.3) is 0 Å². The van der Waals surface area contributed by atoms with Crippen molar-refractivity contribution in [1.29, 1.82) is 5.26 Å². The molecular weight excluding hydrogens is 476 g/mol. The topological polar surface area (TPSA) is 127 Å². The lowest BCUT2D eigenvalue weighted by atomic mass is 9.53. The molecule has 4 rings (SSSR count). The molecule has 0 radical (unpaired) electrons. The van der Waals surface area contributed by atoms with Gasteiger partial charge in [0.1, 0.15) is 17.9 Å². The number of hydrogen-bond acceptors (Lipinski definition) is 7. The number of aliphatic hydroxyl groups is 1. The summed E-state index contributed by atoms with van der Waals surface area (Å²) in [6.07, 6.45) is 16.2. The summed E-state index contributed by atoms with van der Waals surface area (Å²) in [5.74, 6) is 1.08. The van der Waals surface area contributed by atoms with E-state index in [1.165, 1.54) is 32.1 Å². The lowest BCUT2D eigenvalue weighted by molar-refractivity contribution is -0.147. The van der Waals surface area contributed by atoms with Crippen LogP contribution in [0, 0.1) is 16.7 Å². The zero-order chi connectivity index (χ0) is 26.6. The third kappa shape index (κ3) is 9.67. The molecule has 8 heteroatoms. The predicted octanol–water partition coefficient (Wildman–Crippen LogP) is 5.24. The molecule has 198 valence electrons. The Balaban J connectivity index is 0.000000200. The third-order valence-corrected chi connectivity index (χ3v) is 7.04. The molecule has 0 unspecified atom stereocenters. The molecular formula is C28H41ClN4O3. The molecule has 0 heterocycles. The minimum atomic E-state index is -0.0864. The number of allylic oxidation sites excluding steroid dienone is 3. The van der Waals surface area contributed by atoms with Crippen molar-refractivity contribution >= 4 is 11.6 Å². The van der Waals surface area contributed by atoms with Gasteiger partial charge in [-0.25, -0.2) is 0 Å². The Morgan fingerprint density at radius 1 is 1.19 bits per heavy atom. The van der Waals surface area contributed by atoms with Gasteiger partial charge in [0.15, 0.2) is 5.88 Å². The summed E-state index contributed by atoms with van der Waals surface area (Å²) in [6, 6.07) is 7.63. The fourth-order valence-electron chi connectivity index (χ4n) is 4.86. The normalized spacial score (nSPS) is 25.4. The highest BCUT2D eigenvalue weighted by Crippen LogP contribution is 2.56. The quantitative estimate of drug-likeness (QED) is 0.300. The number of rotatable bonds is 6. The minimum Gasteiger partial charge on any atom is -0.497 e. The van der Waals surface area contributed by atoms with Crippen molar-refractivity contribution in [3.05, 3.63) is 65.3 Å². The molecule has 6 N–H and O–H groups in total. The van der Waals surface area contributed by atoms with Crippen molar-refractivity contribution in [3.8, 4) is 11.8 Å². The van der Waals surface area contributed by atoms with Crippen LogP contribution < -0.4 is 21.5 Å². The number of ether oxygens (including phenoxy) is 2. The SMILES string of the molecule is C/C(N)=C/C=C(\N)OC1CC2(CC(O)C2)C1.C=CNC1CCCCC1.COc1ccc(C#N)c(Cl)c1. The van der Waals surface area contributed by atoms with Crippen LogP contribution in [0.2, 0.25) is 5.02 Å². The number of nitrogens with two attached hydrogens (primary N) is 2. The Hall–Kier alpha value is -2.82. The van der Waals surface area contributed by atoms with Crippen LogP contribution in [0.15, 0.2) is 54.7 Å². The maximum Gasteiger partial charge on any atom is 0.184 e. The zero-order valence-corrected chi connectivity index (χ0v) is 22.3. The van der Waals surface area contributed by atoms with E-state index in [4.69, 9.17) is 37.8 Å². The first kappa shape index (κ1) is 29.4. The summed E-state index contributed by atoms with van der Waals surface area (Å²) in [4.78, 5) is 0. The second-order valence-corrected chi connectivity index (χ2v) is 10.3. The van der Waals surface area contributed by atoms with Gasteiger partial charge in [-0.05, 0) is 81.3 Å². The number of aliphatic hydroxyl groups excluding tert-OH is 1. The summed E-state index contributed by atoms with van der Waals surface area (Å²) in [6.45, 7) is 5.45. The molecule has 3 aliphatic carbocycles. The molecule has 0 amide bonds. The van der Waals surface area contributed by atoms with Gasteiger partial charge in [0, 0.05) is 17.8 Å². The Kier molecular flexibility index (Phi) is 12.0. The van der Waals surface area contributed by atoms with E-state index in [0.29, 0.717) is 33.3 Å². The Morgan fingerprint density at radius 3 is 2.36 bits per heavy atom. The van der Waals surface area contributed by atoms with Crippen LogP contribution in [0.4, 0.5) is 0 Å². The number of halogens is 1. The van der Waals surface area contributed by atoms with Gasteiger partial charge in [0.2, 0.25) is 0 Å². The Bertz CT molecular complexity index is 933. The standard InChI is InChI=1S/C12H20N2O2.C8H6ClNO.C8H15N/c1-8(13)2-3-11(14)16-10-6-12(7-10)4-9(15)5-12;1-11-7-3-2-6(5-10)8(9)4-7;1-2-9-8-6-4-3-5-7-8/h2-3,9-10,15H,4-7,13-14H2,1H3;2-4H,1H3;2,8-9H,1,3-7H2/b8-2-,11-3+;;. The minimum absolute atomic E-state index is 0.0864.